The van der Waals surface area contributed by atoms with Crippen molar-refractivity contribution >= 4 is 24.1 Å². The van der Waals surface area contributed by atoms with E-state index < -0.39 is 48.4 Å². The number of unbranched alkanes of at least 4 members (excludes halogenated alkanes) is 1. The highest BCUT2D eigenvalue weighted by Crippen LogP contribution is 2.44. The van der Waals surface area contributed by atoms with Crippen molar-refractivity contribution in [3.63, 3.8) is 0 Å². The van der Waals surface area contributed by atoms with E-state index in [-0.39, 0.29) is 25.5 Å². The Morgan fingerprint density at radius 3 is 2.02 bits per heavy atom. The Kier molecular flexibility index (Phi) is 10.5. The molecule has 0 heterocycles. The van der Waals surface area contributed by atoms with E-state index in [9.17, 15) is 24.3 Å². The number of fused-ring (bicyclic) bond motifs is 3. The second kappa shape index (κ2) is 13.8. The van der Waals surface area contributed by atoms with Crippen LogP contribution in [0.5, 0.6) is 0 Å². The second-order valence-corrected chi connectivity index (χ2v) is 10.5. The number of hydrogen-bond donors (Lipinski definition) is 5. The van der Waals surface area contributed by atoms with Crippen LogP contribution in [0.4, 0.5) is 9.59 Å². The van der Waals surface area contributed by atoms with E-state index in [1.807, 2.05) is 36.4 Å². The largest absolute Gasteiger partial charge is 0.480 e. The Morgan fingerprint density at radius 1 is 0.875 bits per heavy atom. The topological polar surface area (TPSA) is 163 Å². The molecular formula is C29H37N3O8. The number of benzene rings is 2. The lowest BCUT2D eigenvalue weighted by atomic mass is 9.98. The molecule has 216 valence electrons. The number of rotatable bonds is 12. The number of nitrogens with one attached hydrogen (secondary N) is 3. The van der Waals surface area contributed by atoms with Crippen molar-refractivity contribution in [3.05, 3.63) is 59.7 Å². The van der Waals surface area contributed by atoms with Gasteiger partial charge in [-0.3, -0.25) is 4.79 Å². The molecule has 0 radical (unpaired) electrons. The van der Waals surface area contributed by atoms with Crippen molar-refractivity contribution in [3.8, 4) is 11.1 Å². The van der Waals surface area contributed by atoms with Crippen LogP contribution in [0, 0.1) is 0 Å². The molecule has 1 aliphatic rings. The maximum absolute atomic E-state index is 12.6. The normalized spacial score (nSPS) is 13.8. The van der Waals surface area contributed by atoms with Crippen molar-refractivity contribution in [1.82, 2.24) is 16.0 Å². The fourth-order valence-corrected chi connectivity index (χ4v) is 4.49. The van der Waals surface area contributed by atoms with Gasteiger partial charge in [0.05, 0.1) is 6.61 Å². The molecule has 5 N–H and O–H groups in total. The van der Waals surface area contributed by atoms with Crippen LogP contribution in [0.3, 0.4) is 0 Å². The van der Waals surface area contributed by atoms with E-state index >= 15 is 0 Å². The van der Waals surface area contributed by atoms with Gasteiger partial charge >= 0.3 is 18.2 Å². The van der Waals surface area contributed by atoms with E-state index in [0.717, 1.165) is 22.3 Å². The third-order valence-electron chi connectivity index (χ3n) is 6.34. The number of carbonyl (C=O) groups excluding carboxylic acids is 3. The highest BCUT2D eigenvalue weighted by Gasteiger charge is 2.30. The summed E-state index contributed by atoms with van der Waals surface area (Å²) in [6.07, 6.45) is -0.369. The zero-order valence-corrected chi connectivity index (χ0v) is 22.9. The van der Waals surface area contributed by atoms with Gasteiger partial charge in [-0.25, -0.2) is 14.4 Å². The molecule has 2 unspecified atom stereocenters. The molecule has 2 atom stereocenters. The van der Waals surface area contributed by atoms with Crippen LogP contribution in [-0.4, -0.2) is 71.7 Å². The van der Waals surface area contributed by atoms with Crippen molar-refractivity contribution in [2.45, 2.75) is 63.6 Å². The van der Waals surface area contributed by atoms with Crippen molar-refractivity contribution in [2.24, 2.45) is 0 Å². The first kappa shape index (κ1) is 30.4. The molecule has 0 saturated carbocycles. The standard InChI is InChI=1S/C29H37N3O8/c1-29(2,3)40-28(38)32-23(25(34)31-24(16-33)26(35)36)14-8-9-15-30-27(37)39-17-22-20-12-6-4-10-18(20)19-11-5-7-13-21(19)22/h4-7,10-13,22-24,33H,8-9,14-17H2,1-3H3,(H,30,37)(H,31,34)(H,32,38)(H,35,36). The zero-order chi connectivity index (χ0) is 29.3. The monoisotopic (exact) mass is 555 g/mol. The van der Waals surface area contributed by atoms with Gasteiger partial charge in [-0.05, 0) is 62.3 Å². The van der Waals surface area contributed by atoms with E-state index in [0.29, 0.717) is 12.8 Å². The molecule has 3 amide bonds. The van der Waals surface area contributed by atoms with E-state index in [1.54, 1.807) is 20.8 Å². The Balaban J connectivity index is 1.47. The molecule has 3 rings (SSSR count). The summed E-state index contributed by atoms with van der Waals surface area (Å²) in [5.74, 6) is -2.22. The molecule has 2 aromatic carbocycles. The lowest BCUT2D eigenvalue weighted by molar-refractivity contribution is -0.143. The molecule has 0 fully saturated rings. The first-order valence-electron chi connectivity index (χ1n) is 13.2. The fraction of sp³-hybridized carbons (Fsp3) is 0.448. The minimum absolute atomic E-state index is 0.0510. The number of aliphatic hydroxyl groups is 1. The van der Waals surface area contributed by atoms with E-state index in [1.165, 1.54) is 0 Å². The Hall–Kier alpha value is -4.12. The van der Waals surface area contributed by atoms with Crippen LogP contribution in [0.25, 0.3) is 11.1 Å². The van der Waals surface area contributed by atoms with Crippen LogP contribution < -0.4 is 16.0 Å². The fourth-order valence-electron chi connectivity index (χ4n) is 4.49. The van der Waals surface area contributed by atoms with Gasteiger partial charge in [0.25, 0.3) is 0 Å². The highest BCUT2D eigenvalue weighted by atomic mass is 16.6. The second-order valence-electron chi connectivity index (χ2n) is 10.5. The summed E-state index contributed by atoms with van der Waals surface area (Å²) >= 11 is 0. The average molecular weight is 556 g/mol. The van der Waals surface area contributed by atoms with Crippen molar-refractivity contribution < 1.29 is 38.9 Å². The molecule has 0 aliphatic heterocycles. The predicted octanol–water partition coefficient (Wildman–Crippen LogP) is 3.15. The number of alkyl carbamates (subject to hydrolysis) is 2. The maximum atomic E-state index is 12.6. The molecule has 1 aliphatic carbocycles. The molecule has 0 bridgehead atoms. The molecule has 2 aromatic rings. The third kappa shape index (κ3) is 8.44. The van der Waals surface area contributed by atoms with Crippen LogP contribution in [0.1, 0.15) is 57.1 Å². The lowest BCUT2D eigenvalue weighted by Gasteiger charge is -2.24. The Bertz CT molecular complexity index is 1160. The van der Waals surface area contributed by atoms with Crippen LogP contribution in [0.2, 0.25) is 0 Å². The van der Waals surface area contributed by atoms with Crippen molar-refractivity contribution in [1.29, 1.82) is 0 Å². The molecular weight excluding hydrogens is 518 g/mol. The summed E-state index contributed by atoms with van der Waals surface area (Å²) in [4.78, 5) is 48.4. The summed E-state index contributed by atoms with van der Waals surface area (Å²) in [7, 11) is 0. The average Bonchev–Trinajstić information content (AvgIpc) is 3.22. The Morgan fingerprint density at radius 2 is 1.48 bits per heavy atom. The number of carboxylic acids is 1. The van der Waals surface area contributed by atoms with Crippen LogP contribution in [-0.2, 0) is 19.1 Å². The summed E-state index contributed by atoms with van der Waals surface area (Å²) in [5, 5.41) is 25.7. The number of amides is 3. The van der Waals surface area contributed by atoms with Gasteiger partial charge < -0.3 is 35.6 Å². The predicted molar refractivity (Wildman–Crippen MR) is 147 cm³/mol. The van der Waals surface area contributed by atoms with Gasteiger partial charge in [0, 0.05) is 12.5 Å². The summed E-state index contributed by atoms with van der Waals surface area (Å²) in [6.45, 7) is 4.67. The number of hydrogen-bond acceptors (Lipinski definition) is 7. The number of aliphatic carboxylic acids is 1. The van der Waals surface area contributed by atoms with Gasteiger partial charge in [0.1, 0.15) is 24.3 Å². The molecule has 11 nitrogen and oxygen atoms in total. The first-order chi connectivity index (χ1) is 19.0. The van der Waals surface area contributed by atoms with Crippen molar-refractivity contribution in [2.75, 3.05) is 19.8 Å². The SMILES string of the molecule is CC(C)(C)OC(=O)NC(CCCCNC(=O)OCC1c2ccccc2-c2ccccc21)C(=O)NC(CO)C(=O)O. The van der Waals surface area contributed by atoms with Gasteiger partial charge in [-0.2, -0.15) is 0 Å². The maximum Gasteiger partial charge on any atom is 0.408 e. The summed E-state index contributed by atoms with van der Waals surface area (Å²) in [6, 6.07) is 13.5. The van der Waals surface area contributed by atoms with Gasteiger partial charge in [0.2, 0.25) is 5.91 Å². The van der Waals surface area contributed by atoms with Crippen LogP contribution in [0.15, 0.2) is 48.5 Å². The number of carbonyl (C=O) groups is 4. The summed E-state index contributed by atoms with van der Waals surface area (Å²) in [5.41, 5.74) is 3.71. The molecule has 11 heteroatoms. The minimum atomic E-state index is -1.51. The number of aliphatic hydroxyl groups excluding tert-OH is 1. The van der Waals surface area contributed by atoms with Gasteiger partial charge in [-0.15, -0.1) is 0 Å². The first-order valence-corrected chi connectivity index (χ1v) is 13.2. The molecule has 0 saturated heterocycles. The highest BCUT2D eigenvalue weighted by molar-refractivity contribution is 5.89. The number of carboxylic acid groups (broad SMARTS) is 1. The van der Waals surface area contributed by atoms with Gasteiger partial charge in [0.15, 0.2) is 0 Å². The minimum Gasteiger partial charge on any atom is -0.480 e. The quantitative estimate of drug-likeness (QED) is 0.249. The van der Waals surface area contributed by atoms with E-state index in [2.05, 4.69) is 28.1 Å². The lowest BCUT2D eigenvalue weighted by Crippen LogP contribution is -2.53. The summed E-state index contributed by atoms with van der Waals surface area (Å²) < 4.78 is 10.7. The zero-order valence-electron chi connectivity index (χ0n) is 22.9. The molecule has 0 aromatic heterocycles. The van der Waals surface area contributed by atoms with Gasteiger partial charge in [-0.1, -0.05) is 48.5 Å². The molecule has 40 heavy (non-hydrogen) atoms. The van der Waals surface area contributed by atoms with Crippen LogP contribution >= 0.6 is 0 Å². The molecule has 0 spiro atoms. The Labute approximate surface area is 233 Å². The number of ether oxygens (including phenoxy) is 2. The smallest absolute Gasteiger partial charge is 0.408 e. The third-order valence-corrected chi connectivity index (χ3v) is 6.34. The van der Waals surface area contributed by atoms with E-state index in [4.69, 9.17) is 14.6 Å².